The van der Waals surface area contributed by atoms with Gasteiger partial charge in [-0.15, -0.1) is 0 Å². The van der Waals surface area contributed by atoms with Crippen LogP contribution >= 0.6 is 0 Å². The quantitative estimate of drug-likeness (QED) is 0.893. The van der Waals surface area contributed by atoms with Gasteiger partial charge in [-0.05, 0) is 25.8 Å². The molecule has 7 heteroatoms. The van der Waals surface area contributed by atoms with E-state index in [2.05, 4.69) is 32.0 Å². The zero-order chi connectivity index (χ0) is 13.9. The fourth-order valence-electron chi connectivity index (χ4n) is 2.76. The lowest BCUT2D eigenvalue weighted by molar-refractivity contribution is 0.137. The number of hydrogen-bond acceptors (Lipinski definition) is 5. The average molecular weight is 274 g/mol. The molecule has 0 saturated carbocycles. The van der Waals surface area contributed by atoms with Gasteiger partial charge in [-0.3, -0.25) is 9.47 Å². The molecule has 1 aliphatic heterocycles. The van der Waals surface area contributed by atoms with E-state index in [0.29, 0.717) is 0 Å². The summed E-state index contributed by atoms with van der Waals surface area (Å²) in [6.07, 6.45) is 7.02. The third-order valence-electron chi connectivity index (χ3n) is 3.98. The predicted octanol–water partition coefficient (Wildman–Crippen LogP) is 0.759. The number of aromatic nitrogens is 5. The Kier molecular flexibility index (Phi) is 3.60. The lowest BCUT2D eigenvalue weighted by Gasteiger charge is -2.35. The summed E-state index contributed by atoms with van der Waals surface area (Å²) in [6.45, 7) is 3.99. The monoisotopic (exact) mass is 274 g/mol. The van der Waals surface area contributed by atoms with E-state index in [9.17, 15) is 4.79 Å². The Morgan fingerprint density at radius 3 is 2.60 bits per heavy atom. The SMILES string of the molecule is CC(c1ncccn1)N1CCC(n2cn[nH]c2=O)CC1. The third-order valence-corrected chi connectivity index (χ3v) is 3.98. The van der Waals surface area contributed by atoms with Gasteiger partial charge in [0.2, 0.25) is 0 Å². The molecule has 0 bridgehead atoms. The van der Waals surface area contributed by atoms with Gasteiger partial charge in [0.15, 0.2) is 0 Å². The number of nitrogens with one attached hydrogen (secondary N) is 1. The van der Waals surface area contributed by atoms with Gasteiger partial charge in [0.05, 0.1) is 6.04 Å². The highest BCUT2D eigenvalue weighted by Crippen LogP contribution is 2.26. The van der Waals surface area contributed by atoms with Gasteiger partial charge in [-0.25, -0.2) is 19.9 Å². The van der Waals surface area contributed by atoms with Gasteiger partial charge in [-0.1, -0.05) is 0 Å². The standard InChI is InChI=1S/C13H18N6O/c1-10(12-14-5-2-6-15-12)18-7-3-11(4-8-18)19-9-16-17-13(19)20/h2,5-6,9-11H,3-4,7-8H2,1H3,(H,17,20). The minimum absolute atomic E-state index is 0.122. The minimum atomic E-state index is -0.122. The number of rotatable bonds is 3. The van der Waals surface area contributed by atoms with Crippen molar-refractivity contribution in [3.8, 4) is 0 Å². The number of hydrogen-bond donors (Lipinski definition) is 1. The maximum Gasteiger partial charge on any atom is 0.343 e. The predicted molar refractivity (Wildman–Crippen MR) is 73.1 cm³/mol. The van der Waals surface area contributed by atoms with E-state index in [1.54, 1.807) is 23.3 Å². The summed E-state index contributed by atoms with van der Waals surface area (Å²) in [5.74, 6) is 0.853. The van der Waals surface area contributed by atoms with E-state index < -0.39 is 0 Å². The molecule has 1 fully saturated rings. The highest BCUT2D eigenvalue weighted by molar-refractivity contribution is 4.96. The van der Waals surface area contributed by atoms with Crippen molar-refractivity contribution in [1.82, 2.24) is 29.6 Å². The molecule has 0 amide bonds. The molecule has 1 atom stereocenters. The molecule has 7 nitrogen and oxygen atoms in total. The van der Waals surface area contributed by atoms with Gasteiger partial charge in [0, 0.05) is 31.5 Å². The lowest BCUT2D eigenvalue weighted by atomic mass is 10.0. The Bertz CT molecular complexity index is 599. The maximum atomic E-state index is 11.6. The van der Waals surface area contributed by atoms with Gasteiger partial charge in [-0.2, -0.15) is 5.10 Å². The van der Waals surface area contributed by atoms with Crippen molar-refractivity contribution in [2.75, 3.05) is 13.1 Å². The van der Waals surface area contributed by atoms with Crippen molar-refractivity contribution in [2.24, 2.45) is 0 Å². The molecule has 2 aromatic rings. The van der Waals surface area contributed by atoms with Crippen LogP contribution in [0.4, 0.5) is 0 Å². The molecule has 106 valence electrons. The van der Waals surface area contributed by atoms with Crippen molar-refractivity contribution < 1.29 is 0 Å². The smallest absolute Gasteiger partial charge is 0.293 e. The topological polar surface area (TPSA) is 79.7 Å². The Labute approximate surface area is 116 Å². The van der Waals surface area contributed by atoms with Crippen LogP contribution in [-0.4, -0.2) is 42.7 Å². The zero-order valence-corrected chi connectivity index (χ0v) is 11.4. The average Bonchev–Trinajstić information content (AvgIpc) is 2.94. The van der Waals surface area contributed by atoms with Crippen molar-refractivity contribution in [1.29, 1.82) is 0 Å². The van der Waals surface area contributed by atoms with Crippen LogP contribution in [0.15, 0.2) is 29.6 Å². The summed E-state index contributed by atoms with van der Waals surface area (Å²) in [5.41, 5.74) is -0.122. The van der Waals surface area contributed by atoms with Crippen LogP contribution in [0.5, 0.6) is 0 Å². The molecule has 1 saturated heterocycles. The molecule has 0 aromatic carbocycles. The Morgan fingerprint density at radius 1 is 1.30 bits per heavy atom. The van der Waals surface area contributed by atoms with Gasteiger partial charge >= 0.3 is 5.69 Å². The first-order chi connectivity index (χ1) is 9.75. The molecule has 0 aliphatic carbocycles. The second kappa shape index (κ2) is 5.54. The fraction of sp³-hybridized carbons (Fsp3) is 0.538. The second-order valence-corrected chi connectivity index (χ2v) is 5.12. The number of likely N-dealkylation sites (tertiary alicyclic amines) is 1. The van der Waals surface area contributed by atoms with Crippen molar-refractivity contribution in [3.05, 3.63) is 41.1 Å². The summed E-state index contributed by atoms with van der Waals surface area (Å²) in [7, 11) is 0. The number of nitrogens with zero attached hydrogens (tertiary/aromatic N) is 5. The Morgan fingerprint density at radius 2 is 2.00 bits per heavy atom. The van der Waals surface area contributed by atoms with Crippen LogP contribution in [0.3, 0.4) is 0 Å². The van der Waals surface area contributed by atoms with E-state index >= 15 is 0 Å². The first-order valence-corrected chi connectivity index (χ1v) is 6.88. The summed E-state index contributed by atoms with van der Waals surface area (Å²) in [6, 6.07) is 2.27. The molecule has 20 heavy (non-hydrogen) atoms. The van der Waals surface area contributed by atoms with Crippen LogP contribution in [0, 0.1) is 0 Å². The first-order valence-electron chi connectivity index (χ1n) is 6.88. The molecule has 3 heterocycles. The summed E-state index contributed by atoms with van der Waals surface area (Å²) in [5, 5.41) is 6.24. The summed E-state index contributed by atoms with van der Waals surface area (Å²) < 4.78 is 1.70. The molecule has 1 N–H and O–H groups in total. The maximum absolute atomic E-state index is 11.6. The largest absolute Gasteiger partial charge is 0.343 e. The molecule has 3 rings (SSSR count). The Balaban J connectivity index is 1.64. The highest BCUT2D eigenvalue weighted by Gasteiger charge is 2.26. The van der Waals surface area contributed by atoms with Crippen LogP contribution in [0.2, 0.25) is 0 Å². The van der Waals surface area contributed by atoms with Gasteiger partial charge < -0.3 is 0 Å². The summed E-state index contributed by atoms with van der Waals surface area (Å²) >= 11 is 0. The van der Waals surface area contributed by atoms with E-state index in [0.717, 1.165) is 31.8 Å². The molecule has 2 aromatic heterocycles. The van der Waals surface area contributed by atoms with E-state index in [1.165, 1.54) is 0 Å². The van der Waals surface area contributed by atoms with Crippen LogP contribution in [-0.2, 0) is 0 Å². The van der Waals surface area contributed by atoms with Crippen molar-refractivity contribution in [2.45, 2.75) is 31.8 Å². The highest BCUT2D eigenvalue weighted by atomic mass is 16.1. The normalized spacial score (nSPS) is 19.1. The molecular formula is C13H18N6O. The van der Waals surface area contributed by atoms with E-state index in [4.69, 9.17) is 0 Å². The van der Waals surface area contributed by atoms with Gasteiger partial charge in [0.25, 0.3) is 0 Å². The number of piperidine rings is 1. The summed E-state index contributed by atoms with van der Waals surface area (Å²) in [4.78, 5) is 22.6. The third kappa shape index (κ3) is 2.49. The molecular weight excluding hydrogens is 256 g/mol. The number of aromatic amines is 1. The van der Waals surface area contributed by atoms with Crippen LogP contribution in [0.25, 0.3) is 0 Å². The second-order valence-electron chi connectivity index (χ2n) is 5.12. The van der Waals surface area contributed by atoms with E-state index in [-0.39, 0.29) is 17.8 Å². The Hall–Kier alpha value is -2.02. The van der Waals surface area contributed by atoms with Crippen molar-refractivity contribution >= 4 is 0 Å². The lowest BCUT2D eigenvalue weighted by Crippen LogP contribution is -2.38. The van der Waals surface area contributed by atoms with E-state index in [1.807, 2.05) is 6.07 Å². The molecule has 1 aliphatic rings. The zero-order valence-electron chi connectivity index (χ0n) is 11.4. The first kappa shape index (κ1) is 13.0. The van der Waals surface area contributed by atoms with Crippen LogP contribution < -0.4 is 5.69 Å². The molecule has 0 spiro atoms. The van der Waals surface area contributed by atoms with Crippen LogP contribution in [0.1, 0.15) is 37.7 Å². The number of H-pyrrole nitrogens is 1. The van der Waals surface area contributed by atoms with Crippen molar-refractivity contribution in [3.63, 3.8) is 0 Å². The molecule has 1 unspecified atom stereocenters. The minimum Gasteiger partial charge on any atom is -0.293 e. The fourth-order valence-corrected chi connectivity index (χ4v) is 2.76. The van der Waals surface area contributed by atoms with Gasteiger partial charge in [0.1, 0.15) is 12.2 Å². The molecule has 0 radical (unpaired) electrons.